The van der Waals surface area contributed by atoms with Crippen LogP contribution in [-0.4, -0.2) is 77.2 Å². The maximum absolute atomic E-state index is 15.5. The predicted octanol–water partition coefficient (Wildman–Crippen LogP) is 3.29. The van der Waals surface area contributed by atoms with E-state index in [1.165, 1.54) is 0 Å². The lowest BCUT2D eigenvalue weighted by atomic mass is 9.96. The molecule has 0 bridgehead atoms. The van der Waals surface area contributed by atoms with E-state index in [2.05, 4.69) is 25.8 Å². The van der Waals surface area contributed by atoms with Gasteiger partial charge in [0.2, 0.25) is 0 Å². The van der Waals surface area contributed by atoms with Crippen LogP contribution in [0.3, 0.4) is 0 Å². The zero-order valence-electron chi connectivity index (χ0n) is 17.0. The van der Waals surface area contributed by atoms with Crippen molar-refractivity contribution in [1.29, 1.82) is 0 Å². The van der Waals surface area contributed by atoms with Gasteiger partial charge >= 0.3 is 6.09 Å². The zero-order valence-corrected chi connectivity index (χ0v) is 18.8. The van der Waals surface area contributed by atoms with Crippen molar-refractivity contribution in [2.45, 2.75) is 88.7 Å². The summed E-state index contributed by atoms with van der Waals surface area (Å²) in [4.78, 5) is 16.7. The fourth-order valence-corrected chi connectivity index (χ4v) is 5.41. The zero-order chi connectivity index (χ0) is 20.7. The second kappa shape index (κ2) is 7.98. The highest BCUT2D eigenvalue weighted by Gasteiger charge is 2.54. The molecule has 2 N–H and O–H groups in total. The second-order valence-electron chi connectivity index (χ2n) is 8.54. The van der Waals surface area contributed by atoms with Crippen molar-refractivity contribution in [3.05, 3.63) is 0 Å². The Morgan fingerprint density at radius 3 is 2.52 bits per heavy atom. The molecule has 0 unspecified atom stereocenters. The number of hydrogen-bond acceptors (Lipinski definition) is 6. The average Bonchev–Trinajstić information content (AvgIpc) is 2.92. The van der Waals surface area contributed by atoms with Gasteiger partial charge in [-0.05, 0) is 32.0 Å². The molecule has 0 spiro atoms. The van der Waals surface area contributed by atoms with Gasteiger partial charge in [0.05, 0.1) is 6.10 Å². The molecule has 2 aliphatic heterocycles. The Kier molecular flexibility index (Phi) is 6.68. The fraction of sp³-hybridized carbons (Fsp3) is 0.882. The van der Waals surface area contributed by atoms with Crippen LogP contribution in [0.15, 0.2) is 4.99 Å². The van der Waals surface area contributed by atoms with E-state index in [-0.39, 0.29) is 16.8 Å². The van der Waals surface area contributed by atoms with Gasteiger partial charge in [-0.25, -0.2) is 9.18 Å². The Morgan fingerprint density at radius 2 is 2.07 bits per heavy atom. The van der Waals surface area contributed by atoms with Crippen molar-refractivity contribution < 1.29 is 28.6 Å². The van der Waals surface area contributed by atoms with Crippen molar-refractivity contribution in [1.82, 2.24) is 4.90 Å². The van der Waals surface area contributed by atoms with Gasteiger partial charge in [0, 0.05) is 6.54 Å². The fourth-order valence-electron chi connectivity index (χ4n) is 2.85. The van der Waals surface area contributed by atoms with Crippen LogP contribution < -0.4 is 0 Å². The lowest BCUT2D eigenvalue weighted by Gasteiger charge is -2.46. The minimum absolute atomic E-state index is 0.131. The number of rotatable bonds is 4. The number of nitrogens with zero attached hydrogens (tertiary/aromatic N) is 2. The van der Waals surface area contributed by atoms with Crippen LogP contribution in [0.1, 0.15) is 34.6 Å². The molecule has 0 radical (unpaired) electrons. The molecule has 1 fully saturated rings. The Balaban J connectivity index is 2.30. The lowest BCUT2D eigenvalue weighted by Crippen LogP contribution is -2.61. The SMILES string of the molecule is CCN(C(=O)O)C1=N[C@@H]2[C@H](F)[C@H](O[Si](C)(C)C(C)(C)C)[C@@H]([C@H](C)O)O[C@@H]2S1. The molecule has 2 heterocycles. The highest BCUT2D eigenvalue weighted by molar-refractivity contribution is 8.14. The quantitative estimate of drug-likeness (QED) is 0.676. The van der Waals surface area contributed by atoms with Crippen LogP contribution in [0.2, 0.25) is 18.1 Å². The molecule has 7 nitrogen and oxygen atoms in total. The van der Waals surface area contributed by atoms with Crippen molar-refractivity contribution in [3.63, 3.8) is 0 Å². The van der Waals surface area contributed by atoms with Crippen LogP contribution in [0, 0.1) is 0 Å². The summed E-state index contributed by atoms with van der Waals surface area (Å²) in [5.74, 6) is 0. The summed E-state index contributed by atoms with van der Waals surface area (Å²) in [5, 5.41) is 19.6. The third-order valence-corrected chi connectivity index (χ3v) is 11.1. The van der Waals surface area contributed by atoms with Gasteiger partial charge in [0.15, 0.2) is 19.7 Å². The van der Waals surface area contributed by atoms with Gasteiger partial charge in [-0.15, -0.1) is 0 Å². The topological polar surface area (TPSA) is 91.6 Å². The summed E-state index contributed by atoms with van der Waals surface area (Å²) < 4.78 is 27.7. The molecule has 0 aliphatic carbocycles. The number of carboxylic acid groups (broad SMARTS) is 1. The van der Waals surface area contributed by atoms with Crippen LogP contribution in [0.5, 0.6) is 0 Å². The summed E-state index contributed by atoms with van der Waals surface area (Å²) in [6, 6.07) is -0.858. The van der Waals surface area contributed by atoms with E-state index in [9.17, 15) is 15.0 Å². The summed E-state index contributed by atoms with van der Waals surface area (Å²) >= 11 is 1.08. The van der Waals surface area contributed by atoms with Crippen molar-refractivity contribution in [2.24, 2.45) is 4.99 Å². The number of aliphatic hydroxyl groups is 1. The van der Waals surface area contributed by atoms with Crippen molar-refractivity contribution in [3.8, 4) is 0 Å². The number of thioether (sulfide) groups is 1. The molecular weight excluding hydrogens is 391 g/mol. The molecule has 2 rings (SSSR count). The van der Waals surface area contributed by atoms with Crippen molar-refractivity contribution in [2.75, 3.05) is 6.54 Å². The molecule has 27 heavy (non-hydrogen) atoms. The molecule has 1 saturated heterocycles. The molecule has 0 aromatic carbocycles. The first-order valence-electron chi connectivity index (χ1n) is 9.20. The number of hydrogen-bond donors (Lipinski definition) is 2. The first kappa shape index (κ1) is 22.6. The molecular formula is C17H31FN2O5SSi. The van der Waals surface area contributed by atoms with Gasteiger partial charge < -0.3 is 19.4 Å². The third-order valence-electron chi connectivity index (χ3n) is 5.51. The van der Waals surface area contributed by atoms with E-state index in [4.69, 9.17) is 9.16 Å². The molecule has 0 saturated carbocycles. The number of aliphatic imine (C=N–C) groups is 1. The van der Waals surface area contributed by atoms with Crippen LogP contribution in [0.25, 0.3) is 0 Å². The molecule has 10 heteroatoms. The first-order valence-corrected chi connectivity index (χ1v) is 13.0. The Hall–Kier alpha value is -0.683. The molecule has 2 aliphatic rings. The molecule has 0 aromatic heterocycles. The maximum atomic E-state index is 15.5. The van der Waals surface area contributed by atoms with Crippen LogP contribution in [-0.2, 0) is 9.16 Å². The largest absolute Gasteiger partial charge is 0.465 e. The van der Waals surface area contributed by atoms with E-state index in [1.807, 2.05) is 13.1 Å². The smallest absolute Gasteiger partial charge is 0.413 e. The second-order valence-corrected chi connectivity index (χ2v) is 14.4. The summed E-state index contributed by atoms with van der Waals surface area (Å²) in [5.41, 5.74) is -0.678. The number of amidine groups is 1. The highest BCUT2D eigenvalue weighted by Crippen LogP contribution is 2.44. The van der Waals surface area contributed by atoms with Crippen LogP contribution in [0.4, 0.5) is 9.18 Å². The van der Waals surface area contributed by atoms with Crippen LogP contribution >= 0.6 is 11.8 Å². The maximum Gasteiger partial charge on any atom is 0.413 e. The minimum atomic E-state index is -2.32. The third kappa shape index (κ3) is 4.50. The normalized spacial score (nSPS) is 32.6. The number of amides is 1. The number of fused-ring (bicyclic) bond motifs is 1. The highest BCUT2D eigenvalue weighted by atomic mass is 32.2. The average molecular weight is 423 g/mol. The van der Waals surface area contributed by atoms with Gasteiger partial charge in [-0.1, -0.05) is 32.5 Å². The Morgan fingerprint density at radius 1 is 1.48 bits per heavy atom. The summed E-state index contributed by atoms with van der Waals surface area (Å²) in [6.07, 6.45) is -5.34. The summed E-state index contributed by atoms with van der Waals surface area (Å²) in [6.45, 7) is 13.7. The van der Waals surface area contributed by atoms with Crippen molar-refractivity contribution >= 4 is 31.3 Å². The van der Waals surface area contributed by atoms with E-state index in [1.54, 1.807) is 13.8 Å². The van der Waals surface area contributed by atoms with E-state index in [0.717, 1.165) is 16.7 Å². The molecule has 0 aromatic rings. The number of carbonyl (C=O) groups is 1. The standard InChI is InChI=1S/C17H31FN2O5SSi/c1-8-20(16(22)23)15-19-11-10(18)13(25-27(6,7)17(3,4)5)12(9(2)21)24-14(11)26-15/h9-14,21H,8H2,1-7H3,(H,22,23)/t9-,10-,11+,12+,13-,14+/m0/s1. The molecule has 156 valence electrons. The minimum Gasteiger partial charge on any atom is -0.465 e. The van der Waals surface area contributed by atoms with Gasteiger partial charge in [-0.3, -0.25) is 9.89 Å². The lowest BCUT2D eigenvalue weighted by molar-refractivity contribution is -0.159. The first-order chi connectivity index (χ1) is 12.3. The van der Waals surface area contributed by atoms with E-state index in [0.29, 0.717) is 0 Å². The number of alkyl halides is 1. The summed E-state index contributed by atoms with van der Waals surface area (Å²) in [7, 11) is -2.32. The molecule has 6 atom stereocenters. The number of halogens is 1. The van der Waals surface area contributed by atoms with Gasteiger partial charge in [0.1, 0.15) is 23.7 Å². The number of aliphatic hydroxyl groups excluding tert-OH is 1. The predicted molar refractivity (Wildman–Crippen MR) is 107 cm³/mol. The van der Waals surface area contributed by atoms with Gasteiger partial charge in [-0.2, -0.15) is 0 Å². The van der Waals surface area contributed by atoms with Gasteiger partial charge in [0.25, 0.3) is 0 Å². The van der Waals surface area contributed by atoms with E-state index >= 15 is 4.39 Å². The Labute approximate surface area is 165 Å². The Bertz CT molecular complexity index is 598. The monoisotopic (exact) mass is 422 g/mol. The number of ether oxygens (including phenoxy) is 1. The van der Waals surface area contributed by atoms with E-state index < -0.39 is 50.4 Å². The molecule has 1 amide bonds.